The Hall–Kier alpha value is -2.21. The number of nitrogens with two attached hydrogens (primary N) is 1. The minimum absolute atomic E-state index is 0.181. The molecule has 0 aliphatic heterocycles. The van der Waals surface area contributed by atoms with Gasteiger partial charge in [-0.2, -0.15) is 0 Å². The van der Waals surface area contributed by atoms with Crippen LogP contribution in [0.4, 0.5) is 11.8 Å². The first-order chi connectivity index (χ1) is 8.95. The Morgan fingerprint density at radius 3 is 2.47 bits per heavy atom. The molecule has 2 heterocycles. The van der Waals surface area contributed by atoms with E-state index in [1.807, 2.05) is 19.9 Å². The number of pyridine rings is 1. The fourth-order valence-electron chi connectivity index (χ4n) is 1.53. The number of aromatic nitrogens is 3. The van der Waals surface area contributed by atoms with Crippen molar-refractivity contribution in [2.24, 2.45) is 0 Å². The monoisotopic (exact) mass is 277 g/mol. The molecule has 6 nitrogen and oxygen atoms in total. The number of aryl methyl sites for hydroxylation is 2. The number of hydrogen-bond acceptors (Lipinski definition) is 5. The number of carbonyl (C=O) groups excluding carboxylic acids is 1. The summed E-state index contributed by atoms with van der Waals surface area (Å²) in [4.78, 5) is 24.0. The molecule has 0 saturated carbocycles. The van der Waals surface area contributed by atoms with Crippen LogP contribution >= 0.6 is 11.6 Å². The zero-order valence-electron chi connectivity index (χ0n) is 10.4. The molecule has 0 bridgehead atoms. The topological polar surface area (TPSA) is 93.8 Å². The van der Waals surface area contributed by atoms with Gasteiger partial charge in [-0.25, -0.2) is 15.0 Å². The van der Waals surface area contributed by atoms with Gasteiger partial charge in [0.05, 0.1) is 10.6 Å². The van der Waals surface area contributed by atoms with Crippen molar-refractivity contribution < 1.29 is 4.79 Å². The minimum atomic E-state index is -0.389. The maximum Gasteiger partial charge on any atom is 0.259 e. The molecule has 2 aromatic rings. The fraction of sp³-hybridized carbons (Fsp3) is 0.167. The van der Waals surface area contributed by atoms with Crippen LogP contribution in [-0.2, 0) is 0 Å². The van der Waals surface area contributed by atoms with Crippen molar-refractivity contribution in [3.63, 3.8) is 0 Å². The molecule has 0 saturated heterocycles. The molecule has 0 spiro atoms. The smallest absolute Gasteiger partial charge is 0.259 e. The van der Waals surface area contributed by atoms with Crippen molar-refractivity contribution in [2.75, 3.05) is 11.1 Å². The van der Waals surface area contributed by atoms with Crippen LogP contribution in [0.1, 0.15) is 21.7 Å². The number of amides is 1. The van der Waals surface area contributed by atoms with Gasteiger partial charge in [-0.3, -0.25) is 10.1 Å². The van der Waals surface area contributed by atoms with Gasteiger partial charge in [0, 0.05) is 17.6 Å². The minimum Gasteiger partial charge on any atom is -0.382 e. The number of hydrogen-bond donors (Lipinski definition) is 2. The molecule has 7 heteroatoms. The summed E-state index contributed by atoms with van der Waals surface area (Å²) in [7, 11) is 0. The second kappa shape index (κ2) is 5.19. The van der Waals surface area contributed by atoms with Gasteiger partial charge < -0.3 is 5.73 Å². The van der Waals surface area contributed by atoms with E-state index in [0.717, 1.165) is 11.4 Å². The van der Waals surface area contributed by atoms with E-state index in [4.69, 9.17) is 17.3 Å². The molecule has 0 aliphatic rings. The van der Waals surface area contributed by atoms with Crippen LogP contribution in [0.5, 0.6) is 0 Å². The third kappa shape index (κ3) is 3.17. The first kappa shape index (κ1) is 13.2. The molecule has 2 aromatic heterocycles. The number of anilines is 2. The third-order valence-electron chi connectivity index (χ3n) is 2.34. The first-order valence-electron chi connectivity index (χ1n) is 5.50. The molecule has 2 rings (SSSR count). The van der Waals surface area contributed by atoms with E-state index in [1.165, 1.54) is 12.3 Å². The summed E-state index contributed by atoms with van der Waals surface area (Å²) < 4.78 is 0. The maximum absolute atomic E-state index is 12.0. The van der Waals surface area contributed by atoms with Gasteiger partial charge in [0.2, 0.25) is 5.95 Å². The van der Waals surface area contributed by atoms with Gasteiger partial charge in [0.25, 0.3) is 5.91 Å². The van der Waals surface area contributed by atoms with Crippen LogP contribution in [0.15, 0.2) is 18.3 Å². The molecule has 0 fully saturated rings. The number of nitrogen functional groups attached to an aromatic ring is 1. The van der Waals surface area contributed by atoms with Gasteiger partial charge in [-0.1, -0.05) is 11.6 Å². The van der Waals surface area contributed by atoms with Gasteiger partial charge in [0.1, 0.15) is 5.82 Å². The van der Waals surface area contributed by atoms with E-state index in [0.29, 0.717) is 5.56 Å². The van der Waals surface area contributed by atoms with Crippen LogP contribution in [0.2, 0.25) is 5.02 Å². The summed E-state index contributed by atoms with van der Waals surface area (Å²) in [6, 6.07) is 3.26. The Morgan fingerprint density at radius 2 is 1.89 bits per heavy atom. The van der Waals surface area contributed by atoms with E-state index >= 15 is 0 Å². The summed E-state index contributed by atoms with van der Waals surface area (Å²) in [5.74, 6) is 0.0377. The van der Waals surface area contributed by atoms with Crippen LogP contribution in [-0.4, -0.2) is 20.9 Å². The Bertz CT molecular complexity index is 624. The highest BCUT2D eigenvalue weighted by Crippen LogP contribution is 2.17. The second-order valence-electron chi connectivity index (χ2n) is 4.02. The predicted molar refractivity (Wildman–Crippen MR) is 73.1 cm³/mol. The molecule has 0 atom stereocenters. The van der Waals surface area contributed by atoms with Gasteiger partial charge in [0.15, 0.2) is 0 Å². The lowest BCUT2D eigenvalue weighted by Gasteiger charge is -2.06. The van der Waals surface area contributed by atoms with E-state index in [1.54, 1.807) is 0 Å². The summed E-state index contributed by atoms with van der Waals surface area (Å²) in [6.45, 7) is 3.65. The lowest BCUT2D eigenvalue weighted by molar-refractivity contribution is 0.102. The van der Waals surface area contributed by atoms with Gasteiger partial charge in [-0.05, 0) is 26.0 Å². The molecular weight excluding hydrogens is 266 g/mol. The molecule has 0 aromatic carbocycles. The van der Waals surface area contributed by atoms with Crippen molar-refractivity contribution in [3.05, 3.63) is 40.3 Å². The van der Waals surface area contributed by atoms with E-state index < -0.39 is 0 Å². The summed E-state index contributed by atoms with van der Waals surface area (Å²) >= 11 is 5.81. The zero-order chi connectivity index (χ0) is 14.0. The number of nitrogens with zero attached hydrogens (tertiary/aromatic N) is 3. The van der Waals surface area contributed by atoms with E-state index in [2.05, 4.69) is 20.3 Å². The summed E-state index contributed by atoms with van der Waals surface area (Å²) in [6.07, 6.45) is 1.35. The lowest BCUT2D eigenvalue weighted by Crippen LogP contribution is -2.15. The molecule has 0 aliphatic carbocycles. The van der Waals surface area contributed by atoms with E-state index in [9.17, 15) is 4.79 Å². The van der Waals surface area contributed by atoms with Gasteiger partial charge >= 0.3 is 0 Å². The Labute approximate surface area is 115 Å². The molecule has 0 unspecified atom stereocenters. The Morgan fingerprint density at radius 1 is 1.26 bits per heavy atom. The number of halogens is 1. The SMILES string of the molecule is Cc1cc(C)nc(NC(=O)c2cnc(N)c(Cl)c2)n1. The standard InChI is InChI=1S/C12H12ClN5O/c1-6-3-7(2)17-12(16-6)18-11(19)8-4-9(13)10(14)15-5-8/h3-5H,1-2H3,(H2,14,15)(H,16,17,18,19). The molecule has 0 radical (unpaired) electrons. The highest BCUT2D eigenvalue weighted by Gasteiger charge is 2.10. The van der Waals surface area contributed by atoms with Crippen LogP contribution in [0.3, 0.4) is 0 Å². The zero-order valence-corrected chi connectivity index (χ0v) is 11.2. The molecule has 19 heavy (non-hydrogen) atoms. The van der Waals surface area contributed by atoms with E-state index in [-0.39, 0.29) is 22.7 Å². The quantitative estimate of drug-likeness (QED) is 0.875. The van der Waals surface area contributed by atoms with Crippen molar-refractivity contribution in [1.29, 1.82) is 0 Å². The molecule has 3 N–H and O–H groups in total. The van der Waals surface area contributed by atoms with Gasteiger partial charge in [-0.15, -0.1) is 0 Å². The molecule has 1 amide bonds. The Kier molecular flexibility index (Phi) is 3.62. The summed E-state index contributed by atoms with van der Waals surface area (Å²) in [5.41, 5.74) is 7.32. The highest BCUT2D eigenvalue weighted by molar-refractivity contribution is 6.33. The van der Waals surface area contributed by atoms with Crippen molar-refractivity contribution in [1.82, 2.24) is 15.0 Å². The van der Waals surface area contributed by atoms with Crippen molar-refractivity contribution in [3.8, 4) is 0 Å². The maximum atomic E-state index is 12.0. The fourth-order valence-corrected chi connectivity index (χ4v) is 1.69. The lowest BCUT2D eigenvalue weighted by atomic mass is 10.2. The number of rotatable bonds is 2. The average molecular weight is 278 g/mol. The van der Waals surface area contributed by atoms with Crippen LogP contribution in [0.25, 0.3) is 0 Å². The molecular formula is C12H12ClN5O. The highest BCUT2D eigenvalue weighted by atomic mass is 35.5. The van der Waals surface area contributed by atoms with Crippen LogP contribution < -0.4 is 11.1 Å². The summed E-state index contributed by atoms with van der Waals surface area (Å²) in [5, 5.41) is 2.82. The Balaban J connectivity index is 2.22. The molecule has 98 valence electrons. The normalized spacial score (nSPS) is 10.3. The first-order valence-corrected chi connectivity index (χ1v) is 5.88. The predicted octanol–water partition coefficient (Wildman–Crippen LogP) is 1.98. The average Bonchev–Trinajstić information content (AvgIpc) is 2.31. The van der Waals surface area contributed by atoms with Crippen molar-refractivity contribution >= 4 is 29.3 Å². The number of carbonyl (C=O) groups is 1. The van der Waals surface area contributed by atoms with Crippen molar-refractivity contribution in [2.45, 2.75) is 13.8 Å². The second-order valence-corrected chi connectivity index (χ2v) is 4.43. The number of nitrogens with one attached hydrogen (secondary N) is 1. The third-order valence-corrected chi connectivity index (χ3v) is 2.64. The largest absolute Gasteiger partial charge is 0.382 e. The van der Waals surface area contributed by atoms with Crippen LogP contribution in [0, 0.1) is 13.8 Å².